The van der Waals surface area contributed by atoms with Gasteiger partial charge in [0.2, 0.25) is 0 Å². The minimum absolute atomic E-state index is 0.783. The normalized spacial score (nSPS) is 15.8. The maximum Gasteiger partial charge on any atom is 0.191 e. The number of likely N-dealkylation sites (tertiary alicyclic amines) is 1. The molecular formula is C24H38N6. The van der Waals surface area contributed by atoms with Gasteiger partial charge < -0.3 is 10.6 Å². The lowest BCUT2D eigenvalue weighted by Gasteiger charge is -2.20. The zero-order valence-electron chi connectivity index (χ0n) is 19.0. The minimum atomic E-state index is 0.783. The SMILES string of the molecule is CN=C(NCCCn1nc(C)cc1C)NCc1cccc(CN2CCCCCC2)c1. The van der Waals surface area contributed by atoms with Gasteiger partial charge in [-0.15, -0.1) is 0 Å². The second kappa shape index (κ2) is 11.7. The van der Waals surface area contributed by atoms with Crippen molar-refractivity contribution in [2.24, 2.45) is 4.99 Å². The summed E-state index contributed by atoms with van der Waals surface area (Å²) in [6, 6.07) is 11.1. The van der Waals surface area contributed by atoms with Gasteiger partial charge >= 0.3 is 0 Å². The lowest BCUT2D eigenvalue weighted by atomic mass is 10.1. The number of aryl methyl sites for hydroxylation is 3. The van der Waals surface area contributed by atoms with Gasteiger partial charge in [0, 0.05) is 38.9 Å². The second-order valence-corrected chi connectivity index (χ2v) is 8.37. The van der Waals surface area contributed by atoms with Gasteiger partial charge in [0.15, 0.2) is 5.96 Å². The van der Waals surface area contributed by atoms with Crippen molar-refractivity contribution < 1.29 is 0 Å². The van der Waals surface area contributed by atoms with Crippen molar-refractivity contribution in [3.63, 3.8) is 0 Å². The Kier molecular flexibility index (Phi) is 8.75. The number of guanidine groups is 1. The molecule has 1 aliphatic rings. The third kappa shape index (κ3) is 7.17. The van der Waals surface area contributed by atoms with Crippen molar-refractivity contribution in [1.82, 2.24) is 25.3 Å². The van der Waals surface area contributed by atoms with Crippen LogP contribution in [0.15, 0.2) is 35.3 Å². The first-order valence-electron chi connectivity index (χ1n) is 11.4. The van der Waals surface area contributed by atoms with E-state index in [2.05, 4.69) is 67.6 Å². The monoisotopic (exact) mass is 410 g/mol. The highest BCUT2D eigenvalue weighted by atomic mass is 15.3. The fraction of sp³-hybridized carbons (Fsp3) is 0.583. The van der Waals surface area contributed by atoms with Gasteiger partial charge in [-0.25, -0.2) is 0 Å². The largest absolute Gasteiger partial charge is 0.356 e. The van der Waals surface area contributed by atoms with E-state index < -0.39 is 0 Å². The molecule has 0 aliphatic carbocycles. The fourth-order valence-electron chi connectivity index (χ4n) is 4.13. The van der Waals surface area contributed by atoms with Crippen molar-refractivity contribution in [1.29, 1.82) is 0 Å². The summed E-state index contributed by atoms with van der Waals surface area (Å²) in [4.78, 5) is 6.96. The molecule has 164 valence electrons. The third-order valence-electron chi connectivity index (χ3n) is 5.72. The third-order valence-corrected chi connectivity index (χ3v) is 5.72. The molecule has 0 bridgehead atoms. The zero-order chi connectivity index (χ0) is 21.2. The predicted molar refractivity (Wildman–Crippen MR) is 125 cm³/mol. The van der Waals surface area contributed by atoms with Crippen molar-refractivity contribution in [3.05, 3.63) is 52.8 Å². The summed E-state index contributed by atoms with van der Waals surface area (Å²) in [6.07, 6.45) is 6.45. The summed E-state index contributed by atoms with van der Waals surface area (Å²) >= 11 is 0. The minimum Gasteiger partial charge on any atom is -0.356 e. The van der Waals surface area contributed by atoms with Gasteiger partial charge in [-0.2, -0.15) is 5.10 Å². The number of aromatic nitrogens is 2. The molecule has 2 N–H and O–H groups in total. The Morgan fingerprint density at radius 2 is 1.80 bits per heavy atom. The molecule has 1 saturated heterocycles. The van der Waals surface area contributed by atoms with E-state index in [1.807, 2.05) is 14.0 Å². The van der Waals surface area contributed by atoms with Gasteiger partial charge in [0.25, 0.3) is 0 Å². The van der Waals surface area contributed by atoms with Crippen LogP contribution in [0.5, 0.6) is 0 Å². The van der Waals surface area contributed by atoms with E-state index in [1.165, 1.54) is 55.6 Å². The van der Waals surface area contributed by atoms with Gasteiger partial charge in [-0.05, 0) is 63.4 Å². The molecule has 3 rings (SSSR count). The molecule has 1 aliphatic heterocycles. The van der Waals surface area contributed by atoms with Crippen LogP contribution in [0.2, 0.25) is 0 Å². The van der Waals surface area contributed by atoms with E-state index in [0.717, 1.165) is 44.3 Å². The molecule has 1 aromatic heterocycles. The highest BCUT2D eigenvalue weighted by Gasteiger charge is 2.09. The van der Waals surface area contributed by atoms with Crippen LogP contribution in [0.25, 0.3) is 0 Å². The molecule has 2 heterocycles. The standard InChI is InChI=1S/C24H38N6/c1-20-16-21(2)30(28-20)15-9-12-26-24(25-3)27-18-22-10-8-11-23(17-22)19-29-13-6-4-5-7-14-29/h8,10-11,16-17H,4-7,9,12-15,18-19H2,1-3H3,(H2,25,26,27). The maximum absolute atomic E-state index is 4.52. The first kappa shape index (κ1) is 22.3. The molecule has 30 heavy (non-hydrogen) atoms. The van der Waals surface area contributed by atoms with E-state index >= 15 is 0 Å². The Morgan fingerprint density at radius 1 is 1.03 bits per heavy atom. The maximum atomic E-state index is 4.52. The highest BCUT2D eigenvalue weighted by Crippen LogP contribution is 2.14. The molecular weight excluding hydrogens is 372 g/mol. The Balaban J connectivity index is 1.41. The van der Waals surface area contributed by atoms with Crippen LogP contribution in [-0.4, -0.2) is 47.3 Å². The number of hydrogen-bond donors (Lipinski definition) is 2. The molecule has 0 unspecified atom stereocenters. The number of hydrogen-bond acceptors (Lipinski definition) is 3. The van der Waals surface area contributed by atoms with Gasteiger partial charge in [0.1, 0.15) is 0 Å². The Bertz CT molecular complexity index is 802. The van der Waals surface area contributed by atoms with Crippen molar-refractivity contribution >= 4 is 5.96 Å². The Hall–Kier alpha value is -2.34. The van der Waals surface area contributed by atoms with Crippen LogP contribution in [0.3, 0.4) is 0 Å². The summed E-state index contributed by atoms with van der Waals surface area (Å²) < 4.78 is 2.07. The molecule has 0 atom stereocenters. The van der Waals surface area contributed by atoms with Crippen LogP contribution in [0.1, 0.15) is 54.6 Å². The van der Waals surface area contributed by atoms with Crippen molar-refractivity contribution in [2.75, 3.05) is 26.7 Å². The average Bonchev–Trinajstić information content (AvgIpc) is 2.91. The van der Waals surface area contributed by atoms with Gasteiger partial charge in [-0.3, -0.25) is 14.6 Å². The first-order chi connectivity index (χ1) is 14.6. The quantitative estimate of drug-likeness (QED) is 0.396. The number of nitrogens with one attached hydrogen (secondary N) is 2. The van der Waals surface area contributed by atoms with E-state index in [0.29, 0.717) is 0 Å². The molecule has 1 fully saturated rings. The van der Waals surface area contributed by atoms with E-state index in [-0.39, 0.29) is 0 Å². The first-order valence-corrected chi connectivity index (χ1v) is 11.4. The topological polar surface area (TPSA) is 57.5 Å². The fourth-order valence-corrected chi connectivity index (χ4v) is 4.13. The molecule has 0 spiro atoms. The van der Waals surface area contributed by atoms with E-state index in [1.54, 1.807) is 0 Å². The Labute approximate surface area is 181 Å². The molecule has 0 saturated carbocycles. The molecule has 0 amide bonds. The predicted octanol–water partition coefficient (Wildman–Crippen LogP) is 3.63. The number of rotatable bonds is 8. The molecule has 1 aromatic carbocycles. The van der Waals surface area contributed by atoms with Crippen LogP contribution in [0, 0.1) is 13.8 Å². The summed E-state index contributed by atoms with van der Waals surface area (Å²) in [5, 5.41) is 11.4. The summed E-state index contributed by atoms with van der Waals surface area (Å²) in [5.41, 5.74) is 5.00. The zero-order valence-corrected chi connectivity index (χ0v) is 19.0. The summed E-state index contributed by atoms with van der Waals surface area (Å²) in [5.74, 6) is 0.848. The van der Waals surface area contributed by atoms with E-state index in [9.17, 15) is 0 Å². The van der Waals surface area contributed by atoms with Crippen LogP contribution < -0.4 is 10.6 Å². The average molecular weight is 411 g/mol. The second-order valence-electron chi connectivity index (χ2n) is 8.37. The van der Waals surface area contributed by atoms with Crippen molar-refractivity contribution in [3.8, 4) is 0 Å². The van der Waals surface area contributed by atoms with Gasteiger partial charge in [-0.1, -0.05) is 37.1 Å². The Morgan fingerprint density at radius 3 is 2.50 bits per heavy atom. The highest BCUT2D eigenvalue weighted by molar-refractivity contribution is 5.79. The molecule has 6 heteroatoms. The molecule has 2 aromatic rings. The van der Waals surface area contributed by atoms with Crippen LogP contribution >= 0.6 is 0 Å². The van der Waals surface area contributed by atoms with Crippen LogP contribution in [-0.2, 0) is 19.6 Å². The smallest absolute Gasteiger partial charge is 0.191 e. The van der Waals surface area contributed by atoms with E-state index in [4.69, 9.17) is 0 Å². The number of aliphatic imine (C=N–C) groups is 1. The number of benzene rings is 1. The lowest BCUT2D eigenvalue weighted by molar-refractivity contribution is 0.277. The molecule has 6 nitrogen and oxygen atoms in total. The lowest BCUT2D eigenvalue weighted by Crippen LogP contribution is -2.37. The van der Waals surface area contributed by atoms with Crippen molar-refractivity contribution in [2.45, 2.75) is 65.6 Å². The number of nitrogens with zero attached hydrogens (tertiary/aromatic N) is 4. The van der Waals surface area contributed by atoms with Gasteiger partial charge in [0.05, 0.1) is 5.69 Å². The molecule has 0 radical (unpaired) electrons. The van der Waals surface area contributed by atoms with Crippen LogP contribution in [0.4, 0.5) is 0 Å². The summed E-state index contributed by atoms with van der Waals surface area (Å²) in [6.45, 7) is 10.2. The summed E-state index contributed by atoms with van der Waals surface area (Å²) in [7, 11) is 1.83.